The van der Waals surface area contributed by atoms with Crippen LogP contribution in [0.1, 0.15) is 5.56 Å². The Labute approximate surface area is 164 Å². The molecule has 1 amide bonds. The van der Waals surface area contributed by atoms with Crippen LogP contribution < -0.4 is 14.4 Å². The lowest BCUT2D eigenvalue weighted by molar-refractivity contribution is -0.137. The SMILES string of the molecule is COc1cccc(NC(=O)CN(c2cc(C(F)(F)F)ccc2Cl)S(C)(=O)=O)c1. The van der Waals surface area contributed by atoms with Crippen LogP contribution in [0.15, 0.2) is 42.5 Å². The van der Waals surface area contributed by atoms with Crippen molar-refractivity contribution in [1.29, 1.82) is 0 Å². The molecule has 0 saturated heterocycles. The molecule has 0 aromatic heterocycles. The molecule has 0 heterocycles. The number of ether oxygens (including phenoxy) is 1. The second-order valence-electron chi connectivity index (χ2n) is 5.71. The standard InChI is InChI=1S/C17H16ClF3N2O4S/c1-27-13-5-3-4-12(9-13)22-16(24)10-23(28(2,25)26)15-8-11(17(19,20)21)6-7-14(15)18/h3-9H,10H2,1-2H3,(H,22,24). The summed E-state index contributed by atoms with van der Waals surface area (Å²) in [6.45, 7) is -0.767. The molecular weight excluding hydrogens is 421 g/mol. The van der Waals surface area contributed by atoms with Gasteiger partial charge in [0.25, 0.3) is 0 Å². The van der Waals surface area contributed by atoms with Gasteiger partial charge < -0.3 is 10.1 Å². The number of anilines is 2. The van der Waals surface area contributed by atoms with Gasteiger partial charge in [-0.25, -0.2) is 8.42 Å². The van der Waals surface area contributed by atoms with Crippen molar-refractivity contribution in [2.24, 2.45) is 0 Å². The van der Waals surface area contributed by atoms with Crippen molar-refractivity contribution in [2.45, 2.75) is 6.18 Å². The number of alkyl halides is 3. The first-order chi connectivity index (χ1) is 12.9. The Morgan fingerprint density at radius 1 is 1.21 bits per heavy atom. The molecule has 0 atom stereocenters. The molecule has 0 spiro atoms. The van der Waals surface area contributed by atoms with Gasteiger partial charge in [0.05, 0.1) is 29.6 Å². The molecule has 2 aromatic carbocycles. The minimum absolute atomic E-state index is 0.243. The first-order valence-electron chi connectivity index (χ1n) is 7.70. The highest BCUT2D eigenvalue weighted by Crippen LogP contribution is 2.36. The van der Waals surface area contributed by atoms with Crippen LogP contribution in [0.3, 0.4) is 0 Å². The lowest BCUT2D eigenvalue weighted by atomic mass is 10.2. The fourth-order valence-corrected chi connectivity index (χ4v) is 3.42. The number of sulfonamides is 1. The number of benzene rings is 2. The van der Waals surface area contributed by atoms with Crippen LogP contribution in [-0.2, 0) is 21.0 Å². The van der Waals surface area contributed by atoms with Crippen LogP contribution in [-0.4, -0.2) is 34.2 Å². The van der Waals surface area contributed by atoms with Gasteiger partial charge >= 0.3 is 6.18 Å². The van der Waals surface area contributed by atoms with Gasteiger partial charge in [-0.1, -0.05) is 17.7 Å². The highest BCUT2D eigenvalue weighted by molar-refractivity contribution is 7.92. The van der Waals surface area contributed by atoms with Crippen molar-refractivity contribution in [3.8, 4) is 5.75 Å². The summed E-state index contributed by atoms with van der Waals surface area (Å²) < 4.78 is 68.7. The van der Waals surface area contributed by atoms with E-state index in [1.54, 1.807) is 18.2 Å². The van der Waals surface area contributed by atoms with E-state index in [0.717, 1.165) is 18.4 Å². The van der Waals surface area contributed by atoms with Gasteiger partial charge in [-0.3, -0.25) is 9.10 Å². The number of halogens is 4. The number of rotatable bonds is 6. The molecule has 28 heavy (non-hydrogen) atoms. The van der Waals surface area contributed by atoms with E-state index >= 15 is 0 Å². The third-order valence-corrected chi connectivity index (χ3v) is 5.03. The molecule has 0 fully saturated rings. The second-order valence-corrected chi connectivity index (χ2v) is 8.03. The van der Waals surface area contributed by atoms with Gasteiger partial charge in [0.2, 0.25) is 15.9 Å². The molecule has 6 nitrogen and oxygen atoms in total. The zero-order valence-corrected chi connectivity index (χ0v) is 16.3. The van der Waals surface area contributed by atoms with Crippen molar-refractivity contribution in [3.05, 3.63) is 53.1 Å². The molecular formula is C17H16ClF3N2O4S. The Balaban J connectivity index is 2.34. The van der Waals surface area contributed by atoms with E-state index in [9.17, 15) is 26.4 Å². The van der Waals surface area contributed by atoms with Crippen molar-refractivity contribution in [1.82, 2.24) is 0 Å². The van der Waals surface area contributed by atoms with Gasteiger partial charge in [0.15, 0.2) is 0 Å². The molecule has 2 aromatic rings. The Bertz CT molecular complexity index is 981. The van der Waals surface area contributed by atoms with Gasteiger partial charge in [0.1, 0.15) is 12.3 Å². The maximum Gasteiger partial charge on any atom is 0.416 e. The van der Waals surface area contributed by atoms with Gasteiger partial charge in [-0.15, -0.1) is 0 Å². The molecule has 1 N–H and O–H groups in total. The number of carbonyl (C=O) groups is 1. The third kappa shape index (κ3) is 5.52. The third-order valence-electron chi connectivity index (χ3n) is 3.58. The van der Waals surface area contributed by atoms with Gasteiger partial charge in [-0.05, 0) is 30.3 Å². The highest BCUT2D eigenvalue weighted by Gasteiger charge is 2.33. The van der Waals surface area contributed by atoms with Gasteiger partial charge in [0, 0.05) is 11.8 Å². The summed E-state index contributed by atoms with van der Waals surface area (Å²) in [5.74, 6) is -0.314. The molecule has 2 rings (SSSR count). The summed E-state index contributed by atoms with van der Waals surface area (Å²) >= 11 is 5.91. The topological polar surface area (TPSA) is 75.7 Å². The quantitative estimate of drug-likeness (QED) is 0.748. The lowest BCUT2D eigenvalue weighted by Gasteiger charge is -2.24. The van der Waals surface area contributed by atoms with E-state index in [1.165, 1.54) is 13.2 Å². The summed E-state index contributed by atoms with van der Waals surface area (Å²) in [6, 6.07) is 8.53. The van der Waals surface area contributed by atoms with Crippen LogP contribution in [0.2, 0.25) is 5.02 Å². The van der Waals surface area contributed by atoms with Crippen molar-refractivity contribution in [3.63, 3.8) is 0 Å². The first-order valence-corrected chi connectivity index (χ1v) is 9.93. The average Bonchev–Trinajstić information content (AvgIpc) is 2.58. The number of nitrogens with one attached hydrogen (secondary N) is 1. The normalized spacial score (nSPS) is 11.8. The maximum atomic E-state index is 13.0. The zero-order chi connectivity index (χ0) is 21.1. The zero-order valence-electron chi connectivity index (χ0n) is 14.7. The lowest BCUT2D eigenvalue weighted by Crippen LogP contribution is -2.37. The highest BCUT2D eigenvalue weighted by atomic mass is 35.5. The average molecular weight is 437 g/mol. The maximum absolute atomic E-state index is 13.0. The fourth-order valence-electron chi connectivity index (χ4n) is 2.29. The smallest absolute Gasteiger partial charge is 0.416 e. The van der Waals surface area contributed by atoms with Crippen molar-refractivity contribution in [2.75, 3.05) is 29.5 Å². The molecule has 0 aliphatic carbocycles. The number of nitrogens with zero attached hydrogens (tertiary/aromatic N) is 1. The predicted octanol–water partition coefficient (Wildman–Crippen LogP) is 3.77. The molecule has 0 radical (unpaired) electrons. The van der Waals surface area contributed by atoms with Crippen LogP contribution in [0.5, 0.6) is 5.75 Å². The summed E-state index contributed by atoms with van der Waals surface area (Å²) in [7, 11) is -2.67. The van der Waals surface area contributed by atoms with Crippen molar-refractivity contribution < 1.29 is 31.1 Å². The van der Waals surface area contributed by atoms with Gasteiger partial charge in [-0.2, -0.15) is 13.2 Å². The molecule has 0 bridgehead atoms. The Morgan fingerprint density at radius 3 is 2.46 bits per heavy atom. The fraction of sp³-hybridized carbons (Fsp3) is 0.235. The molecule has 0 unspecified atom stereocenters. The van der Waals surface area contributed by atoms with E-state index in [1.807, 2.05) is 0 Å². The Hall–Kier alpha value is -2.46. The minimum atomic E-state index is -4.70. The molecule has 0 aliphatic heterocycles. The number of carbonyl (C=O) groups excluding carboxylic acids is 1. The largest absolute Gasteiger partial charge is 0.497 e. The first kappa shape index (κ1) is 21.8. The number of methoxy groups -OCH3 is 1. The number of hydrogen-bond donors (Lipinski definition) is 1. The Kier molecular flexibility index (Phi) is 6.45. The monoisotopic (exact) mass is 436 g/mol. The van der Waals surface area contributed by atoms with E-state index in [4.69, 9.17) is 16.3 Å². The van der Waals surface area contributed by atoms with Crippen LogP contribution in [0, 0.1) is 0 Å². The van der Waals surface area contributed by atoms with E-state index in [0.29, 0.717) is 21.8 Å². The Morgan fingerprint density at radius 2 is 1.89 bits per heavy atom. The molecule has 0 saturated carbocycles. The van der Waals surface area contributed by atoms with Crippen LogP contribution >= 0.6 is 11.6 Å². The van der Waals surface area contributed by atoms with E-state index in [2.05, 4.69) is 5.32 Å². The van der Waals surface area contributed by atoms with E-state index < -0.39 is 39.9 Å². The minimum Gasteiger partial charge on any atom is -0.497 e. The van der Waals surface area contributed by atoms with Crippen LogP contribution in [0.4, 0.5) is 24.5 Å². The summed E-state index contributed by atoms with van der Waals surface area (Å²) in [5, 5.41) is 2.22. The number of hydrogen-bond acceptors (Lipinski definition) is 4. The second kappa shape index (κ2) is 8.27. The summed E-state index contributed by atoms with van der Waals surface area (Å²) in [6.07, 6.45) is -3.94. The predicted molar refractivity (Wildman–Crippen MR) is 100 cm³/mol. The summed E-state index contributed by atoms with van der Waals surface area (Å²) in [4.78, 5) is 12.3. The van der Waals surface area contributed by atoms with Crippen LogP contribution in [0.25, 0.3) is 0 Å². The molecule has 152 valence electrons. The number of amides is 1. The summed E-state index contributed by atoms with van der Waals surface area (Å²) in [5.41, 5.74) is -1.21. The molecule has 11 heteroatoms. The van der Waals surface area contributed by atoms with Crippen molar-refractivity contribution >= 4 is 38.9 Å². The van der Waals surface area contributed by atoms with E-state index in [-0.39, 0.29) is 5.02 Å². The molecule has 0 aliphatic rings.